The summed E-state index contributed by atoms with van der Waals surface area (Å²) in [6, 6.07) is 10.4. The maximum atomic E-state index is 12.6. The van der Waals surface area contributed by atoms with Gasteiger partial charge in [0.05, 0.1) is 6.42 Å². The van der Waals surface area contributed by atoms with E-state index < -0.39 is 0 Å². The molecule has 1 heterocycles. The van der Waals surface area contributed by atoms with Crippen molar-refractivity contribution in [3.8, 4) is 0 Å². The molecular formula is C21H26N2O2. The molecule has 1 amide bonds. The molecule has 0 bridgehead atoms. The van der Waals surface area contributed by atoms with Gasteiger partial charge in [-0.15, -0.1) is 0 Å². The average molecular weight is 338 g/mol. The number of hydrogen-bond acceptors (Lipinski definition) is 2. The molecular weight excluding hydrogens is 312 g/mol. The first-order valence-electron chi connectivity index (χ1n) is 8.97. The van der Waals surface area contributed by atoms with Crippen molar-refractivity contribution in [1.29, 1.82) is 0 Å². The molecule has 0 fully saturated rings. The molecule has 4 heteroatoms. The number of aryl methyl sites for hydroxylation is 1. The summed E-state index contributed by atoms with van der Waals surface area (Å²) < 4.78 is 2.28. The van der Waals surface area contributed by atoms with E-state index in [1.165, 1.54) is 5.56 Å². The Hall–Kier alpha value is -2.36. The first-order valence-corrected chi connectivity index (χ1v) is 8.97. The molecule has 0 saturated heterocycles. The molecule has 0 saturated carbocycles. The van der Waals surface area contributed by atoms with E-state index in [0.717, 1.165) is 48.3 Å². The Morgan fingerprint density at radius 2 is 1.88 bits per heavy atom. The molecule has 25 heavy (non-hydrogen) atoms. The lowest BCUT2D eigenvalue weighted by atomic mass is 9.92. The number of ketones is 1. The van der Waals surface area contributed by atoms with Gasteiger partial charge in [-0.3, -0.25) is 9.59 Å². The average Bonchev–Trinajstić information content (AvgIpc) is 2.87. The molecule has 1 aliphatic carbocycles. The van der Waals surface area contributed by atoms with Gasteiger partial charge < -0.3 is 9.47 Å². The van der Waals surface area contributed by atoms with Crippen LogP contribution in [-0.4, -0.2) is 35.3 Å². The summed E-state index contributed by atoms with van der Waals surface area (Å²) in [4.78, 5) is 26.4. The third kappa shape index (κ3) is 3.53. The van der Waals surface area contributed by atoms with Crippen LogP contribution in [0.25, 0.3) is 0 Å². The third-order valence-corrected chi connectivity index (χ3v) is 5.15. The molecule has 0 N–H and O–H groups in total. The topological polar surface area (TPSA) is 42.3 Å². The van der Waals surface area contributed by atoms with Crippen LogP contribution in [0.2, 0.25) is 0 Å². The Morgan fingerprint density at radius 1 is 1.16 bits per heavy atom. The number of amides is 1. The molecule has 0 unspecified atom stereocenters. The molecule has 132 valence electrons. The van der Waals surface area contributed by atoms with Gasteiger partial charge >= 0.3 is 0 Å². The molecule has 1 aromatic heterocycles. The second-order valence-corrected chi connectivity index (χ2v) is 7.01. The highest BCUT2D eigenvalue weighted by atomic mass is 16.2. The Labute approximate surface area is 149 Å². The summed E-state index contributed by atoms with van der Waals surface area (Å²) in [6.45, 7) is 2.90. The van der Waals surface area contributed by atoms with Crippen molar-refractivity contribution in [2.75, 3.05) is 14.1 Å². The molecule has 2 aromatic rings. The van der Waals surface area contributed by atoms with Crippen molar-refractivity contribution < 1.29 is 9.59 Å². The number of nitrogens with zero attached hydrogens (tertiary/aromatic N) is 2. The lowest BCUT2D eigenvalue weighted by molar-refractivity contribution is -0.127. The van der Waals surface area contributed by atoms with Gasteiger partial charge in [0.2, 0.25) is 5.91 Å². The van der Waals surface area contributed by atoms with E-state index in [-0.39, 0.29) is 11.7 Å². The Bertz CT molecular complexity index is 788. The summed E-state index contributed by atoms with van der Waals surface area (Å²) in [5.74, 6) is 0.244. The van der Waals surface area contributed by atoms with Gasteiger partial charge in [0.25, 0.3) is 0 Å². The highest BCUT2D eigenvalue weighted by molar-refractivity contribution is 6.01. The van der Waals surface area contributed by atoms with Gasteiger partial charge in [-0.2, -0.15) is 0 Å². The quantitative estimate of drug-likeness (QED) is 0.840. The van der Waals surface area contributed by atoms with E-state index in [4.69, 9.17) is 0 Å². The highest BCUT2D eigenvalue weighted by Crippen LogP contribution is 2.31. The molecule has 0 spiro atoms. The molecule has 0 atom stereocenters. The molecule has 3 rings (SSSR count). The Balaban J connectivity index is 1.95. The number of benzene rings is 1. The van der Waals surface area contributed by atoms with Crippen LogP contribution in [0.3, 0.4) is 0 Å². The minimum Gasteiger partial charge on any atom is -0.349 e. The third-order valence-electron chi connectivity index (χ3n) is 5.15. The van der Waals surface area contributed by atoms with Gasteiger partial charge in [-0.1, -0.05) is 30.3 Å². The summed E-state index contributed by atoms with van der Waals surface area (Å²) >= 11 is 0. The number of aromatic nitrogens is 1. The first-order chi connectivity index (χ1) is 12.0. The second-order valence-electron chi connectivity index (χ2n) is 7.01. The number of fused-ring (bicyclic) bond motifs is 1. The normalized spacial score (nSPS) is 13.6. The summed E-state index contributed by atoms with van der Waals surface area (Å²) in [6.07, 6.45) is 3.66. The molecule has 1 aliphatic rings. The van der Waals surface area contributed by atoms with Crippen LogP contribution in [0.1, 0.15) is 45.7 Å². The smallest absolute Gasteiger partial charge is 0.226 e. The standard InChI is InChI=1S/C21H26N2O2/c1-15-17(14-20(25)22(2)3)21-18(10-7-11-19(21)24)23(15)13-12-16-8-5-4-6-9-16/h4-6,8-9H,7,10-14H2,1-3H3. The van der Waals surface area contributed by atoms with E-state index in [0.29, 0.717) is 12.8 Å². The van der Waals surface area contributed by atoms with E-state index in [2.05, 4.69) is 35.8 Å². The zero-order valence-electron chi connectivity index (χ0n) is 15.3. The minimum atomic E-state index is 0.0458. The van der Waals surface area contributed by atoms with Gasteiger partial charge in [-0.25, -0.2) is 0 Å². The van der Waals surface area contributed by atoms with E-state index >= 15 is 0 Å². The minimum absolute atomic E-state index is 0.0458. The maximum absolute atomic E-state index is 12.6. The lowest BCUT2D eigenvalue weighted by Gasteiger charge is -2.16. The van der Waals surface area contributed by atoms with Crippen LogP contribution in [0, 0.1) is 6.92 Å². The van der Waals surface area contributed by atoms with Crippen LogP contribution in [-0.2, 0) is 30.6 Å². The summed E-state index contributed by atoms with van der Waals surface area (Å²) in [7, 11) is 3.52. The fourth-order valence-corrected chi connectivity index (χ4v) is 3.70. The highest BCUT2D eigenvalue weighted by Gasteiger charge is 2.29. The number of hydrogen-bond donors (Lipinski definition) is 0. The van der Waals surface area contributed by atoms with Crippen molar-refractivity contribution in [2.45, 2.75) is 45.6 Å². The molecule has 4 nitrogen and oxygen atoms in total. The van der Waals surface area contributed by atoms with E-state index in [1.807, 2.05) is 6.07 Å². The van der Waals surface area contributed by atoms with E-state index in [9.17, 15) is 9.59 Å². The van der Waals surface area contributed by atoms with Crippen LogP contribution < -0.4 is 0 Å². The van der Waals surface area contributed by atoms with Crippen molar-refractivity contribution >= 4 is 11.7 Å². The zero-order chi connectivity index (χ0) is 18.0. The molecule has 0 radical (unpaired) electrons. The second kappa shape index (κ2) is 7.26. The first kappa shape index (κ1) is 17.5. The number of carbonyl (C=O) groups excluding carboxylic acids is 2. The van der Waals surface area contributed by atoms with Crippen molar-refractivity contribution in [2.24, 2.45) is 0 Å². The predicted octanol–water partition coefficient (Wildman–Crippen LogP) is 3.19. The van der Waals surface area contributed by atoms with Crippen molar-refractivity contribution in [1.82, 2.24) is 9.47 Å². The van der Waals surface area contributed by atoms with E-state index in [1.54, 1.807) is 19.0 Å². The monoisotopic (exact) mass is 338 g/mol. The van der Waals surface area contributed by atoms with Crippen LogP contribution >= 0.6 is 0 Å². The predicted molar refractivity (Wildman–Crippen MR) is 99.0 cm³/mol. The van der Waals surface area contributed by atoms with Gasteiger partial charge in [0.15, 0.2) is 5.78 Å². The zero-order valence-corrected chi connectivity index (χ0v) is 15.3. The van der Waals surface area contributed by atoms with Crippen LogP contribution in [0.4, 0.5) is 0 Å². The maximum Gasteiger partial charge on any atom is 0.226 e. The Morgan fingerprint density at radius 3 is 2.56 bits per heavy atom. The van der Waals surface area contributed by atoms with Gasteiger partial charge in [-0.05, 0) is 37.3 Å². The van der Waals surface area contributed by atoms with Crippen molar-refractivity contribution in [3.05, 3.63) is 58.4 Å². The number of rotatable bonds is 5. The summed E-state index contributed by atoms with van der Waals surface area (Å²) in [5.41, 5.74) is 5.26. The fourth-order valence-electron chi connectivity index (χ4n) is 3.70. The van der Waals surface area contributed by atoms with Gasteiger partial charge in [0, 0.05) is 44.0 Å². The molecule has 0 aliphatic heterocycles. The largest absolute Gasteiger partial charge is 0.349 e. The fraction of sp³-hybridized carbons (Fsp3) is 0.429. The van der Waals surface area contributed by atoms with Crippen LogP contribution in [0.15, 0.2) is 30.3 Å². The molecule has 1 aromatic carbocycles. The van der Waals surface area contributed by atoms with Gasteiger partial charge in [0.1, 0.15) is 0 Å². The van der Waals surface area contributed by atoms with Crippen molar-refractivity contribution in [3.63, 3.8) is 0 Å². The SMILES string of the molecule is Cc1c(CC(=O)N(C)C)c2c(n1CCc1ccccc1)CCCC2=O. The number of Topliss-reactive ketones (excluding diaryl/α,β-unsaturated/α-hetero) is 1. The van der Waals surface area contributed by atoms with Crippen LogP contribution in [0.5, 0.6) is 0 Å². The lowest BCUT2D eigenvalue weighted by Crippen LogP contribution is -2.24. The Kier molecular flexibility index (Phi) is 5.07. The number of carbonyl (C=O) groups is 2. The number of likely N-dealkylation sites (N-methyl/N-ethyl adjacent to an activating group) is 1. The summed E-state index contributed by atoms with van der Waals surface area (Å²) in [5, 5.41) is 0.